The summed E-state index contributed by atoms with van der Waals surface area (Å²) in [6.07, 6.45) is 1.96. The number of anilines is 1. The van der Waals surface area contributed by atoms with Gasteiger partial charge in [-0.3, -0.25) is 10.1 Å². The maximum atomic E-state index is 11.0. The maximum Gasteiger partial charge on any atom is 0.270 e. The number of nitriles is 1. The summed E-state index contributed by atoms with van der Waals surface area (Å²) in [5.74, 6) is 0. The average Bonchev–Trinajstić information content (AvgIpc) is 3.27. The van der Waals surface area contributed by atoms with Gasteiger partial charge in [0.1, 0.15) is 11.1 Å². The van der Waals surface area contributed by atoms with Crippen LogP contribution in [0.25, 0.3) is 10.2 Å². The van der Waals surface area contributed by atoms with Crippen LogP contribution in [0.2, 0.25) is 0 Å². The highest BCUT2D eigenvalue weighted by atomic mass is 32.1. The molecule has 1 atom stereocenters. The third kappa shape index (κ3) is 2.71. The van der Waals surface area contributed by atoms with Crippen LogP contribution in [-0.4, -0.2) is 16.5 Å². The van der Waals surface area contributed by atoms with E-state index in [-0.39, 0.29) is 11.7 Å². The van der Waals surface area contributed by atoms with E-state index >= 15 is 0 Å². The molecule has 0 saturated carbocycles. The first-order chi connectivity index (χ1) is 12.2. The second-order valence-corrected chi connectivity index (χ2v) is 7.00. The Balaban J connectivity index is 1.74. The van der Waals surface area contributed by atoms with Gasteiger partial charge >= 0.3 is 0 Å². The summed E-state index contributed by atoms with van der Waals surface area (Å²) in [7, 11) is 0. The van der Waals surface area contributed by atoms with E-state index in [2.05, 4.69) is 17.0 Å². The summed E-state index contributed by atoms with van der Waals surface area (Å²) >= 11 is 1.67. The van der Waals surface area contributed by atoms with Crippen molar-refractivity contribution in [2.24, 2.45) is 0 Å². The second-order valence-electron chi connectivity index (χ2n) is 5.94. The Morgan fingerprint density at radius 1 is 1.32 bits per heavy atom. The summed E-state index contributed by atoms with van der Waals surface area (Å²) in [6, 6.07) is 14.7. The minimum absolute atomic E-state index is 0.0592. The fourth-order valence-electron chi connectivity index (χ4n) is 3.32. The van der Waals surface area contributed by atoms with Gasteiger partial charge < -0.3 is 4.90 Å². The van der Waals surface area contributed by atoms with Gasteiger partial charge in [0.25, 0.3) is 5.69 Å². The molecule has 0 spiro atoms. The summed E-state index contributed by atoms with van der Waals surface area (Å²) in [5, 5.41) is 21.4. The van der Waals surface area contributed by atoms with E-state index in [1.807, 2.05) is 18.2 Å². The third-order valence-electron chi connectivity index (χ3n) is 4.47. The molecule has 2 aromatic carbocycles. The standard InChI is InChI=1S/C18H14N4O2S/c19-11-12-10-13(22(23)24)7-8-15(12)21-9-3-5-16(21)18-20-14-4-1-2-6-17(14)25-18/h1-2,4,6-8,10,16H,3,5,9H2/t16-/m0/s1. The van der Waals surface area contributed by atoms with Gasteiger partial charge in [0, 0.05) is 18.7 Å². The molecule has 4 rings (SSSR count). The molecule has 3 aromatic rings. The molecule has 1 saturated heterocycles. The fourth-order valence-corrected chi connectivity index (χ4v) is 4.44. The van der Waals surface area contributed by atoms with E-state index in [9.17, 15) is 15.4 Å². The number of benzene rings is 2. The van der Waals surface area contributed by atoms with Gasteiger partial charge in [-0.15, -0.1) is 11.3 Å². The van der Waals surface area contributed by atoms with Crippen LogP contribution in [0.5, 0.6) is 0 Å². The lowest BCUT2D eigenvalue weighted by atomic mass is 10.1. The van der Waals surface area contributed by atoms with Crippen molar-refractivity contribution in [3.63, 3.8) is 0 Å². The lowest BCUT2D eigenvalue weighted by Gasteiger charge is -2.26. The van der Waals surface area contributed by atoms with Gasteiger partial charge in [0.05, 0.1) is 32.4 Å². The molecule has 0 unspecified atom stereocenters. The largest absolute Gasteiger partial charge is 0.361 e. The predicted octanol–water partition coefficient (Wildman–Crippen LogP) is 4.42. The van der Waals surface area contributed by atoms with Gasteiger partial charge in [-0.25, -0.2) is 4.98 Å². The van der Waals surface area contributed by atoms with Crippen LogP contribution in [0.15, 0.2) is 42.5 Å². The summed E-state index contributed by atoms with van der Waals surface area (Å²) in [6.45, 7) is 0.813. The summed E-state index contributed by atoms with van der Waals surface area (Å²) < 4.78 is 1.15. The number of nitro groups is 1. The first-order valence-corrected chi connectivity index (χ1v) is 8.79. The van der Waals surface area contributed by atoms with Crippen molar-refractivity contribution in [3.05, 3.63) is 63.1 Å². The third-order valence-corrected chi connectivity index (χ3v) is 5.61. The van der Waals surface area contributed by atoms with Crippen molar-refractivity contribution in [3.8, 4) is 6.07 Å². The highest BCUT2D eigenvalue weighted by Crippen LogP contribution is 2.40. The van der Waals surface area contributed by atoms with Crippen LogP contribution in [0.4, 0.5) is 11.4 Å². The van der Waals surface area contributed by atoms with Gasteiger partial charge in [-0.05, 0) is 31.0 Å². The zero-order valence-corrected chi connectivity index (χ0v) is 14.1. The Kier molecular flexibility index (Phi) is 3.82. The summed E-state index contributed by atoms with van der Waals surface area (Å²) in [4.78, 5) is 17.4. The first-order valence-electron chi connectivity index (χ1n) is 7.98. The molecule has 1 aromatic heterocycles. The zero-order chi connectivity index (χ0) is 17.4. The topological polar surface area (TPSA) is 83.1 Å². The number of nitro benzene ring substituents is 1. The number of non-ortho nitro benzene ring substituents is 1. The number of thiazole rings is 1. The number of para-hydroxylation sites is 1. The average molecular weight is 350 g/mol. The highest BCUT2D eigenvalue weighted by Gasteiger charge is 2.30. The smallest absolute Gasteiger partial charge is 0.270 e. The molecule has 0 radical (unpaired) electrons. The summed E-state index contributed by atoms with van der Waals surface area (Å²) in [5.41, 5.74) is 2.01. The Labute approximate surface area is 148 Å². The normalized spacial score (nSPS) is 16.9. The number of fused-ring (bicyclic) bond motifs is 1. The Hall–Kier alpha value is -2.98. The fraction of sp³-hybridized carbons (Fsp3) is 0.222. The molecule has 2 heterocycles. The molecule has 0 bridgehead atoms. The van der Waals surface area contributed by atoms with Crippen molar-refractivity contribution in [2.45, 2.75) is 18.9 Å². The van der Waals surface area contributed by atoms with Crippen molar-refractivity contribution < 1.29 is 4.92 Å². The lowest BCUT2D eigenvalue weighted by Crippen LogP contribution is -2.23. The van der Waals surface area contributed by atoms with Crippen molar-refractivity contribution in [1.82, 2.24) is 4.98 Å². The van der Waals surface area contributed by atoms with Gasteiger partial charge in [0.2, 0.25) is 0 Å². The van der Waals surface area contributed by atoms with Crippen LogP contribution in [0, 0.1) is 21.4 Å². The molecular formula is C18H14N4O2S. The maximum absolute atomic E-state index is 11.0. The number of hydrogen-bond acceptors (Lipinski definition) is 6. The molecule has 1 fully saturated rings. The molecule has 0 N–H and O–H groups in total. The molecule has 1 aliphatic rings. The van der Waals surface area contributed by atoms with E-state index in [0.717, 1.165) is 40.3 Å². The SMILES string of the molecule is N#Cc1cc([N+](=O)[O-])ccc1N1CCC[C@H]1c1nc2ccccc2s1. The van der Waals surface area contributed by atoms with Crippen molar-refractivity contribution in [1.29, 1.82) is 5.26 Å². The van der Waals surface area contributed by atoms with E-state index in [0.29, 0.717) is 5.56 Å². The first kappa shape index (κ1) is 15.5. The molecule has 124 valence electrons. The zero-order valence-electron chi connectivity index (χ0n) is 13.3. The second kappa shape index (κ2) is 6.15. The van der Waals surface area contributed by atoms with Crippen LogP contribution in [0.3, 0.4) is 0 Å². The molecule has 25 heavy (non-hydrogen) atoms. The van der Waals surface area contributed by atoms with E-state index in [4.69, 9.17) is 4.98 Å². The minimum Gasteiger partial charge on any atom is -0.361 e. The monoisotopic (exact) mass is 350 g/mol. The van der Waals surface area contributed by atoms with Crippen molar-refractivity contribution in [2.75, 3.05) is 11.4 Å². The van der Waals surface area contributed by atoms with Gasteiger partial charge in [-0.1, -0.05) is 12.1 Å². The van der Waals surface area contributed by atoms with Gasteiger partial charge in [-0.2, -0.15) is 5.26 Å². The number of aromatic nitrogens is 1. The Morgan fingerprint density at radius 2 is 2.16 bits per heavy atom. The van der Waals surface area contributed by atoms with Crippen molar-refractivity contribution >= 4 is 32.9 Å². The molecule has 0 aliphatic carbocycles. The number of nitrogens with zero attached hydrogens (tertiary/aromatic N) is 4. The minimum atomic E-state index is -0.473. The number of rotatable bonds is 3. The lowest BCUT2D eigenvalue weighted by molar-refractivity contribution is -0.384. The predicted molar refractivity (Wildman–Crippen MR) is 96.8 cm³/mol. The molecular weight excluding hydrogens is 336 g/mol. The molecule has 7 heteroatoms. The van der Waals surface area contributed by atoms with Crippen LogP contribution in [-0.2, 0) is 0 Å². The van der Waals surface area contributed by atoms with E-state index in [1.54, 1.807) is 17.4 Å². The highest BCUT2D eigenvalue weighted by molar-refractivity contribution is 7.18. The quantitative estimate of drug-likeness (QED) is 0.516. The molecule has 1 aliphatic heterocycles. The molecule has 6 nitrogen and oxygen atoms in total. The van der Waals surface area contributed by atoms with Crippen LogP contribution >= 0.6 is 11.3 Å². The Morgan fingerprint density at radius 3 is 2.92 bits per heavy atom. The number of hydrogen-bond donors (Lipinski definition) is 0. The van der Waals surface area contributed by atoms with E-state index < -0.39 is 4.92 Å². The molecule has 0 amide bonds. The van der Waals surface area contributed by atoms with E-state index in [1.165, 1.54) is 12.1 Å². The van der Waals surface area contributed by atoms with Crippen LogP contribution < -0.4 is 4.90 Å². The van der Waals surface area contributed by atoms with Gasteiger partial charge in [0.15, 0.2) is 0 Å². The Bertz CT molecular complexity index is 975. The van der Waals surface area contributed by atoms with Crippen LogP contribution in [0.1, 0.15) is 29.5 Å².